The standard InChI is InChI=1S/C17H17F2NO4S/c1-11-6-5-8-14(12(11)2)24-10-16(21)20-13-7-3-4-9-15(13)25(22,23)17(18)19/h3-9,17H,10H2,1-2H3,(H,20,21). The van der Waals surface area contributed by atoms with Crippen LogP contribution in [0, 0.1) is 13.8 Å². The molecular weight excluding hydrogens is 352 g/mol. The van der Waals surface area contributed by atoms with E-state index in [0.29, 0.717) is 5.75 Å². The predicted molar refractivity (Wildman–Crippen MR) is 89.7 cm³/mol. The maximum Gasteiger partial charge on any atom is 0.341 e. The summed E-state index contributed by atoms with van der Waals surface area (Å²) < 4.78 is 54.2. The van der Waals surface area contributed by atoms with Crippen molar-refractivity contribution in [2.45, 2.75) is 24.5 Å². The topological polar surface area (TPSA) is 72.5 Å². The molecule has 8 heteroatoms. The quantitative estimate of drug-likeness (QED) is 0.848. The Labute approximate surface area is 144 Å². The summed E-state index contributed by atoms with van der Waals surface area (Å²) in [5.41, 5.74) is 1.65. The third-order valence-electron chi connectivity index (χ3n) is 3.62. The Kier molecular flexibility index (Phi) is 5.73. The molecule has 0 spiro atoms. The Hall–Kier alpha value is -2.48. The molecule has 25 heavy (non-hydrogen) atoms. The van der Waals surface area contributed by atoms with Crippen molar-refractivity contribution in [2.24, 2.45) is 0 Å². The molecule has 0 saturated heterocycles. The summed E-state index contributed by atoms with van der Waals surface area (Å²) in [6.45, 7) is 3.36. The van der Waals surface area contributed by atoms with Gasteiger partial charge < -0.3 is 10.1 Å². The Morgan fingerprint density at radius 1 is 1.12 bits per heavy atom. The SMILES string of the molecule is Cc1cccc(OCC(=O)Nc2ccccc2S(=O)(=O)C(F)F)c1C. The van der Waals surface area contributed by atoms with Gasteiger partial charge in [0.1, 0.15) is 5.75 Å². The first-order valence-corrected chi connectivity index (χ1v) is 8.88. The van der Waals surface area contributed by atoms with Crippen LogP contribution in [0.2, 0.25) is 0 Å². The molecule has 1 N–H and O–H groups in total. The molecule has 0 saturated carbocycles. The van der Waals surface area contributed by atoms with E-state index in [1.807, 2.05) is 19.9 Å². The van der Waals surface area contributed by atoms with Gasteiger partial charge >= 0.3 is 5.76 Å². The van der Waals surface area contributed by atoms with Crippen LogP contribution in [0.1, 0.15) is 11.1 Å². The number of sulfone groups is 1. The number of anilines is 1. The van der Waals surface area contributed by atoms with Crippen LogP contribution in [0.5, 0.6) is 5.75 Å². The molecule has 0 unspecified atom stereocenters. The summed E-state index contributed by atoms with van der Waals surface area (Å²) in [5, 5.41) is 2.30. The Balaban J connectivity index is 2.13. The molecule has 0 aliphatic carbocycles. The van der Waals surface area contributed by atoms with Gasteiger partial charge in [0, 0.05) is 0 Å². The van der Waals surface area contributed by atoms with Gasteiger partial charge in [0.05, 0.1) is 10.6 Å². The van der Waals surface area contributed by atoms with Crippen molar-refractivity contribution in [3.8, 4) is 5.75 Å². The van der Waals surface area contributed by atoms with E-state index < -0.39 is 26.4 Å². The van der Waals surface area contributed by atoms with Crippen molar-refractivity contribution in [1.29, 1.82) is 0 Å². The van der Waals surface area contributed by atoms with Gasteiger partial charge in [-0.3, -0.25) is 4.79 Å². The highest BCUT2D eigenvalue weighted by atomic mass is 32.2. The van der Waals surface area contributed by atoms with E-state index >= 15 is 0 Å². The first kappa shape index (κ1) is 18.9. The van der Waals surface area contributed by atoms with Crippen molar-refractivity contribution in [3.63, 3.8) is 0 Å². The Bertz CT molecular complexity index is 882. The minimum Gasteiger partial charge on any atom is -0.483 e. The molecule has 1 amide bonds. The van der Waals surface area contributed by atoms with Crippen LogP contribution in [0.4, 0.5) is 14.5 Å². The van der Waals surface area contributed by atoms with Crippen molar-refractivity contribution < 1.29 is 26.7 Å². The second-order valence-electron chi connectivity index (χ2n) is 5.34. The number of amides is 1. The van der Waals surface area contributed by atoms with E-state index in [1.165, 1.54) is 18.2 Å². The fourth-order valence-electron chi connectivity index (χ4n) is 2.12. The zero-order chi connectivity index (χ0) is 18.6. The molecule has 0 radical (unpaired) electrons. The van der Waals surface area contributed by atoms with Crippen LogP contribution in [0.25, 0.3) is 0 Å². The molecule has 0 bridgehead atoms. The van der Waals surface area contributed by atoms with E-state index in [-0.39, 0.29) is 12.3 Å². The minimum absolute atomic E-state index is 0.211. The van der Waals surface area contributed by atoms with Crippen LogP contribution < -0.4 is 10.1 Å². The molecule has 5 nitrogen and oxygen atoms in total. The van der Waals surface area contributed by atoms with Crippen molar-refractivity contribution in [2.75, 3.05) is 11.9 Å². The highest BCUT2D eigenvalue weighted by Crippen LogP contribution is 2.26. The third kappa shape index (κ3) is 4.33. The zero-order valence-corrected chi connectivity index (χ0v) is 14.4. The predicted octanol–water partition coefficient (Wildman–Crippen LogP) is 3.32. The van der Waals surface area contributed by atoms with Crippen LogP contribution in [-0.2, 0) is 14.6 Å². The number of para-hydroxylation sites is 1. The maximum absolute atomic E-state index is 12.7. The van der Waals surface area contributed by atoms with E-state index in [9.17, 15) is 22.0 Å². The highest BCUT2D eigenvalue weighted by Gasteiger charge is 2.29. The van der Waals surface area contributed by atoms with E-state index in [0.717, 1.165) is 17.2 Å². The number of hydrogen-bond donors (Lipinski definition) is 1. The highest BCUT2D eigenvalue weighted by molar-refractivity contribution is 7.91. The summed E-state index contributed by atoms with van der Waals surface area (Å²) in [6, 6.07) is 10.4. The summed E-state index contributed by atoms with van der Waals surface area (Å²) >= 11 is 0. The largest absolute Gasteiger partial charge is 0.483 e. The lowest BCUT2D eigenvalue weighted by molar-refractivity contribution is -0.118. The first-order chi connectivity index (χ1) is 11.7. The first-order valence-electron chi connectivity index (χ1n) is 7.33. The number of carbonyl (C=O) groups is 1. The maximum atomic E-state index is 12.7. The molecule has 0 aliphatic rings. The minimum atomic E-state index is -4.82. The van der Waals surface area contributed by atoms with E-state index in [4.69, 9.17) is 4.74 Å². The molecule has 2 aromatic rings. The molecule has 0 atom stereocenters. The molecule has 134 valence electrons. The summed E-state index contributed by atoms with van der Waals surface area (Å²) in [6.07, 6.45) is 0. The lowest BCUT2D eigenvalue weighted by Gasteiger charge is -2.13. The van der Waals surface area contributed by atoms with E-state index in [1.54, 1.807) is 12.1 Å². The van der Waals surface area contributed by atoms with Crippen LogP contribution in [0.15, 0.2) is 47.4 Å². The Morgan fingerprint density at radius 3 is 2.48 bits per heavy atom. The van der Waals surface area contributed by atoms with Gasteiger partial charge in [-0.15, -0.1) is 0 Å². The second kappa shape index (κ2) is 7.60. The van der Waals surface area contributed by atoms with Crippen molar-refractivity contribution >= 4 is 21.4 Å². The molecular formula is C17H17F2NO4S. The molecule has 2 aromatic carbocycles. The third-order valence-corrected chi connectivity index (χ3v) is 5.05. The van der Waals surface area contributed by atoms with Gasteiger partial charge in [-0.1, -0.05) is 24.3 Å². The van der Waals surface area contributed by atoms with Crippen molar-refractivity contribution in [1.82, 2.24) is 0 Å². The van der Waals surface area contributed by atoms with Crippen LogP contribution >= 0.6 is 0 Å². The van der Waals surface area contributed by atoms with Gasteiger partial charge in [0.15, 0.2) is 6.61 Å². The summed E-state index contributed by atoms with van der Waals surface area (Å²) in [4.78, 5) is 11.4. The molecule has 0 heterocycles. The number of rotatable bonds is 6. The zero-order valence-electron chi connectivity index (χ0n) is 13.6. The normalized spacial score (nSPS) is 11.4. The van der Waals surface area contributed by atoms with Gasteiger partial charge in [0.25, 0.3) is 5.91 Å². The van der Waals surface area contributed by atoms with Crippen molar-refractivity contribution in [3.05, 3.63) is 53.6 Å². The van der Waals surface area contributed by atoms with Gasteiger partial charge in [-0.05, 0) is 43.2 Å². The summed E-state index contributed by atoms with van der Waals surface area (Å²) in [7, 11) is -4.82. The monoisotopic (exact) mass is 369 g/mol. The number of benzene rings is 2. The van der Waals surface area contributed by atoms with Crippen LogP contribution in [0.3, 0.4) is 0 Å². The lowest BCUT2D eigenvalue weighted by Crippen LogP contribution is -2.22. The Morgan fingerprint density at radius 2 is 1.80 bits per heavy atom. The van der Waals surface area contributed by atoms with Crippen LogP contribution in [-0.4, -0.2) is 26.7 Å². The smallest absolute Gasteiger partial charge is 0.341 e. The average molecular weight is 369 g/mol. The number of aryl methyl sites for hydroxylation is 1. The molecule has 0 aliphatic heterocycles. The number of halogens is 2. The van der Waals surface area contributed by atoms with Gasteiger partial charge in [0.2, 0.25) is 9.84 Å². The summed E-state index contributed by atoms with van der Waals surface area (Å²) in [5.74, 6) is -3.71. The second-order valence-corrected chi connectivity index (χ2v) is 7.22. The number of hydrogen-bond acceptors (Lipinski definition) is 4. The number of carbonyl (C=O) groups excluding carboxylic acids is 1. The molecule has 0 aromatic heterocycles. The average Bonchev–Trinajstić information content (AvgIpc) is 2.56. The van der Waals surface area contributed by atoms with E-state index in [2.05, 4.69) is 5.32 Å². The number of nitrogens with one attached hydrogen (secondary N) is 1. The number of ether oxygens (including phenoxy) is 1. The molecule has 2 rings (SSSR count). The molecule has 0 fully saturated rings. The van der Waals surface area contributed by atoms with Gasteiger partial charge in [-0.25, -0.2) is 8.42 Å². The number of alkyl halides is 2. The lowest BCUT2D eigenvalue weighted by atomic mass is 10.1. The van der Waals surface area contributed by atoms with Gasteiger partial charge in [-0.2, -0.15) is 8.78 Å². The fraction of sp³-hybridized carbons (Fsp3) is 0.235. The fourth-order valence-corrected chi connectivity index (χ4v) is 3.01.